The fraction of sp³-hybridized carbons (Fsp3) is 0.444. The maximum absolute atomic E-state index is 12.0. The first-order valence-electron chi connectivity index (χ1n) is 8.61. The first kappa shape index (κ1) is 17.8. The van der Waals surface area contributed by atoms with Crippen molar-refractivity contribution in [2.75, 3.05) is 38.1 Å². The topological polar surface area (TPSA) is 77.5 Å². The van der Waals surface area contributed by atoms with Gasteiger partial charge in [0.25, 0.3) is 0 Å². The van der Waals surface area contributed by atoms with Crippen molar-refractivity contribution < 1.29 is 9.90 Å². The quantitative estimate of drug-likeness (QED) is 0.740. The lowest BCUT2D eigenvalue weighted by Crippen LogP contribution is -2.42. The second-order valence-electron chi connectivity index (χ2n) is 6.32. The highest BCUT2D eigenvalue weighted by Crippen LogP contribution is 2.21. The van der Waals surface area contributed by atoms with E-state index in [-0.39, 0.29) is 12.6 Å². The third kappa shape index (κ3) is 5.26. The number of piperidine rings is 1. The molecule has 0 aliphatic carbocycles. The minimum atomic E-state index is -0.197. The van der Waals surface area contributed by atoms with Crippen molar-refractivity contribution in [3.8, 4) is 11.3 Å². The van der Waals surface area contributed by atoms with E-state index in [0.29, 0.717) is 12.5 Å². The molecule has 134 valence electrons. The van der Waals surface area contributed by atoms with Gasteiger partial charge in [0.2, 0.25) is 0 Å². The van der Waals surface area contributed by atoms with Crippen LogP contribution in [0.15, 0.2) is 35.2 Å². The van der Waals surface area contributed by atoms with E-state index >= 15 is 0 Å². The van der Waals surface area contributed by atoms with Gasteiger partial charge in [0, 0.05) is 42.9 Å². The molecule has 0 saturated carbocycles. The van der Waals surface area contributed by atoms with Gasteiger partial charge in [0.15, 0.2) is 0 Å². The number of amides is 2. The normalized spacial score (nSPS) is 18.0. The molecule has 6 nitrogen and oxygen atoms in total. The molecule has 1 aliphatic rings. The Labute approximate surface area is 151 Å². The summed E-state index contributed by atoms with van der Waals surface area (Å²) >= 11 is 1.56. The zero-order chi connectivity index (χ0) is 17.5. The predicted octanol–water partition coefficient (Wildman–Crippen LogP) is 2.64. The van der Waals surface area contributed by atoms with Gasteiger partial charge >= 0.3 is 6.03 Å². The van der Waals surface area contributed by atoms with Crippen LogP contribution in [0.1, 0.15) is 12.8 Å². The van der Waals surface area contributed by atoms with Crippen LogP contribution >= 0.6 is 11.3 Å². The van der Waals surface area contributed by atoms with Crippen LogP contribution in [-0.2, 0) is 0 Å². The van der Waals surface area contributed by atoms with Crippen LogP contribution in [0.3, 0.4) is 0 Å². The largest absolute Gasteiger partial charge is 0.396 e. The Hall–Kier alpha value is -1.96. The Kier molecular flexibility index (Phi) is 6.38. The molecule has 0 radical (unpaired) electrons. The number of nitrogens with zero attached hydrogens (tertiary/aromatic N) is 2. The zero-order valence-electron chi connectivity index (χ0n) is 14.1. The summed E-state index contributed by atoms with van der Waals surface area (Å²) in [7, 11) is 0. The molecular formula is C18H24N4O2S. The Balaban J connectivity index is 1.40. The molecule has 7 heteroatoms. The second-order valence-corrected chi connectivity index (χ2v) is 7.04. The molecule has 2 aromatic rings. The Morgan fingerprint density at radius 1 is 1.36 bits per heavy atom. The van der Waals surface area contributed by atoms with Crippen LogP contribution in [0.2, 0.25) is 0 Å². The minimum absolute atomic E-state index is 0.197. The maximum Gasteiger partial charge on any atom is 0.319 e. The van der Waals surface area contributed by atoms with E-state index in [9.17, 15) is 9.90 Å². The number of hydrogen-bond donors (Lipinski definition) is 3. The third-order valence-corrected chi connectivity index (χ3v) is 5.03. The molecule has 0 bridgehead atoms. The van der Waals surface area contributed by atoms with Crippen molar-refractivity contribution in [2.24, 2.45) is 5.92 Å². The van der Waals surface area contributed by atoms with E-state index < -0.39 is 0 Å². The number of aliphatic hydroxyl groups excluding tert-OH is 1. The lowest BCUT2D eigenvalue weighted by molar-refractivity contribution is 0.121. The van der Waals surface area contributed by atoms with Crippen molar-refractivity contribution in [1.82, 2.24) is 15.2 Å². The van der Waals surface area contributed by atoms with E-state index in [2.05, 4.69) is 20.5 Å². The van der Waals surface area contributed by atoms with Crippen LogP contribution in [0, 0.1) is 5.92 Å². The highest BCUT2D eigenvalue weighted by Gasteiger charge is 2.18. The minimum Gasteiger partial charge on any atom is -0.396 e. The molecule has 1 aliphatic heterocycles. The van der Waals surface area contributed by atoms with Gasteiger partial charge in [-0.15, -0.1) is 11.3 Å². The lowest BCUT2D eigenvalue weighted by atomic mass is 9.99. The van der Waals surface area contributed by atoms with E-state index in [1.807, 2.05) is 29.6 Å². The van der Waals surface area contributed by atoms with E-state index in [1.165, 1.54) is 0 Å². The van der Waals surface area contributed by atoms with Gasteiger partial charge in [0.1, 0.15) is 0 Å². The average Bonchev–Trinajstić information content (AvgIpc) is 3.17. The summed E-state index contributed by atoms with van der Waals surface area (Å²) < 4.78 is 0. The number of thiazole rings is 1. The monoisotopic (exact) mass is 360 g/mol. The molecule has 1 aromatic heterocycles. The molecule has 2 heterocycles. The number of aliphatic hydroxyl groups is 1. The highest BCUT2D eigenvalue weighted by atomic mass is 32.1. The number of hydrogen-bond acceptors (Lipinski definition) is 5. The summed E-state index contributed by atoms with van der Waals surface area (Å²) in [5, 5.41) is 17.0. The van der Waals surface area contributed by atoms with Crippen LogP contribution in [-0.4, -0.2) is 53.8 Å². The van der Waals surface area contributed by atoms with Crippen LogP contribution in [0.25, 0.3) is 11.3 Å². The fourth-order valence-electron chi connectivity index (χ4n) is 3.09. The predicted molar refractivity (Wildman–Crippen MR) is 101 cm³/mol. The Morgan fingerprint density at radius 3 is 2.92 bits per heavy atom. The molecule has 1 saturated heterocycles. The number of nitrogens with one attached hydrogen (secondary N) is 2. The summed E-state index contributed by atoms with van der Waals surface area (Å²) in [6, 6.07) is 7.47. The Morgan fingerprint density at radius 2 is 2.20 bits per heavy atom. The number of benzene rings is 1. The molecule has 0 spiro atoms. The van der Waals surface area contributed by atoms with Crippen molar-refractivity contribution in [3.63, 3.8) is 0 Å². The summed E-state index contributed by atoms with van der Waals surface area (Å²) in [4.78, 5) is 18.6. The van der Waals surface area contributed by atoms with E-state index in [4.69, 9.17) is 0 Å². The van der Waals surface area contributed by atoms with E-state index in [1.54, 1.807) is 16.8 Å². The molecule has 25 heavy (non-hydrogen) atoms. The summed E-state index contributed by atoms with van der Waals surface area (Å²) in [6.07, 6.45) is 2.21. The number of carbonyl (C=O) groups excluding carboxylic acids is 1. The molecular weight excluding hydrogens is 336 g/mol. The average molecular weight is 360 g/mol. The zero-order valence-corrected chi connectivity index (χ0v) is 15.0. The molecule has 3 rings (SSSR count). The van der Waals surface area contributed by atoms with Gasteiger partial charge in [-0.3, -0.25) is 0 Å². The molecule has 2 amide bonds. The van der Waals surface area contributed by atoms with Crippen molar-refractivity contribution in [1.29, 1.82) is 0 Å². The number of likely N-dealkylation sites (tertiary alicyclic amines) is 1. The standard InChI is InChI=1S/C18H24N4O2S/c23-11-14-2-1-8-22(10-14)9-7-19-18(24)21-16-5-3-15(4-6-16)17-12-25-13-20-17/h3-6,12-14,23H,1-2,7-11H2,(H2,19,21,24)/t14-/m0/s1. The van der Waals surface area contributed by atoms with Gasteiger partial charge in [-0.05, 0) is 37.4 Å². The number of anilines is 1. The smallest absolute Gasteiger partial charge is 0.319 e. The van der Waals surface area contributed by atoms with Crippen molar-refractivity contribution in [2.45, 2.75) is 12.8 Å². The number of rotatable bonds is 6. The van der Waals surface area contributed by atoms with E-state index in [0.717, 1.165) is 49.4 Å². The first-order chi connectivity index (χ1) is 12.2. The summed E-state index contributed by atoms with van der Waals surface area (Å²) in [6.45, 7) is 3.62. The highest BCUT2D eigenvalue weighted by molar-refractivity contribution is 7.07. The van der Waals surface area contributed by atoms with Gasteiger partial charge in [-0.25, -0.2) is 9.78 Å². The number of carbonyl (C=O) groups is 1. The van der Waals surface area contributed by atoms with Gasteiger partial charge in [-0.1, -0.05) is 12.1 Å². The number of aromatic nitrogens is 1. The summed E-state index contributed by atoms with van der Waals surface area (Å²) in [5.74, 6) is 0.374. The van der Waals surface area contributed by atoms with Gasteiger partial charge in [-0.2, -0.15) is 0 Å². The lowest BCUT2D eigenvalue weighted by Gasteiger charge is -2.31. The van der Waals surface area contributed by atoms with Crippen LogP contribution < -0.4 is 10.6 Å². The van der Waals surface area contributed by atoms with Crippen molar-refractivity contribution >= 4 is 23.1 Å². The third-order valence-electron chi connectivity index (χ3n) is 4.45. The molecule has 3 N–H and O–H groups in total. The maximum atomic E-state index is 12.0. The first-order valence-corrected chi connectivity index (χ1v) is 9.55. The number of urea groups is 1. The Bertz CT molecular complexity index is 660. The van der Waals surface area contributed by atoms with Gasteiger partial charge < -0.3 is 20.6 Å². The van der Waals surface area contributed by atoms with Crippen molar-refractivity contribution in [3.05, 3.63) is 35.2 Å². The molecule has 1 aromatic carbocycles. The van der Waals surface area contributed by atoms with Crippen LogP contribution in [0.4, 0.5) is 10.5 Å². The fourth-order valence-corrected chi connectivity index (χ4v) is 3.65. The summed E-state index contributed by atoms with van der Waals surface area (Å²) in [5.41, 5.74) is 4.55. The second kappa shape index (κ2) is 8.94. The van der Waals surface area contributed by atoms with Gasteiger partial charge in [0.05, 0.1) is 11.2 Å². The van der Waals surface area contributed by atoms with Crippen LogP contribution in [0.5, 0.6) is 0 Å². The molecule has 1 atom stereocenters. The molecule has 1 fully saturated rings. The SMILES string of the molecule is O=C(NCCN1CCC[C@H](CO)C1)Nc1ccc(-c2cscn2)cc1. The molecule has 0 unspecified atom stereocenters.